The van der Waals surface area contributed by atoms with Gasteiger partial charge in [-0.05, 0) is 36.9 Å². The van der Waals surface area contributed by atoms with E-state index in [1.807, 2.05) is 6.07 Å². The van der Waals surface area contributed by atoms with Crippen LogP contribution >= 0.6 is 11.6 Å². The molecule has 7 nitrogen and oxygen atoms in total. The van der Waals surface area contributed by atoms with Crippen LogP contribution in [-0.2, 0) is 16.8 Å². The second kappa shape index (κ2) is 9.23. The molecule has 0 aromatic heterocycles. The number of piperidine rings is 1. The fourth-order valence-corrected chi connectivity index (χ4v) is 3.99. The third-order valence-corrected chi connectivity index (χ3v) is 6.43. The molecule has 1 unspecified atom stereocenters. The fourth-order valence-electron chi connectivity index (χ4n) is 3.07. The molecular formula is C17H28ClN3O4S. The van der Waals surface area contributed by atoms with Crippen molar-refractivity contribution >= 4 is 21.8 Å². The highest BCUT2D eigenvalue weighted by molar-refractivity contribution is 7.87. The minimum Gasteiger partial charge on any atom is -0.493 e. The standard InChI is InChI=1S/C17H28ClN3O4S/c1-20(2)26(22,23)19-10-13-6-5-7-21(11-13)12-14-8-16(24-3)17(25-4)9-15(14)18/h8-9,13,19H,5-7,10-12H2,1-4H3. The second-order valence-corrected chi connectivity index (χ2v) is 9.05. The molecule has 148 valence electrons. The van der Waals surface area contributed by atoms with Crippen molar-refractivity contribution in [2.75, 3.05) is 47.9 Å². The van der Waals surface area contributed by atoms with Crippen molar-refractivity contribution in [2.24, 2.45) is 5.92 Å². The van der Waals surface area contributed by atoms with Gasteiger partial charge in [-0.3, -0.25) is 4.90 Å². The quantitative estimate of drug-likeness (QED) is 0.715. The molecule has 1 aromatic rings. The summed E-state index contributed by atoms with van der Waals surface area (Å²) in [6, 6.07) is 3.67. The van der Waals surface area contributed by atoms with Gasteiger partial charge in [0.15, 0.2) is 11.5 Å². The zero-order valence-electron chi connectivity index (χ0n) is 15.8. The van der Waals surface area contributed by atoms with Crippen LogP contribution in [0.4, 0.5) is 0 Å². The van der Waals surface area contributed by atoms with E-state index in [4.69, 9.17) is 21.1 Å². The molecule has 9 heteroatoms. The molecule has 0 bridgehead atoms. The molecular weight excluding hydrogens is 378 g/mol. The second-order valence-electron chi connectivity index (χ2n) is 6.68. The van der Waals surface area contributed by atoms with E-state index >= 15 is 0 Å². The maximum Gasteiger partial charge on any atom is 0.278 e. The zero-order chi connectivity index (χ0) is 19.3. The van der Waals surface area contributed by atoms with Crippen LogP contribution < -0.4 is 14.2 Å². The van der Waals surface area contributed by atoms with Crippen molar-refractivity contribution in [3.05, 3.63) is 22.7 Å². The van der Waals surface area contributed by atoms with E-state index in [0.717, 1.165) is 31.5 Å². The summed E-state index contributed by atoms with van der Waals surface area (Å²) < 4.78 is 38.2. The van der Waals surface area contributed by atoms with Gasteiger partial charge in [0.25, 0.3) is 10.2 Å². The number of likely N-dealkylation sites (tertiary alicyclic amines) is 1. The normalized spacial score (nSPS) is 18.9. The zero-order valence-corrected chi connectivity index (χ0v) is 17.4. The first-order chi connectivity index (χ1) is 12.3. The number of hydrogen-bond acceptors (Lipinski definition) is 5. The fraction of sp³-hybridized carbons (Fsp3) is 0.647. The number of hydrogen-bond donors (Lipinski definition) is 1. The third kappa shape index (κ3) is 5.47. The van der Waals surface area contributed by atoms with Gasteiger partial charge >= 0.3 is 0 Å². The molecule has 1 atom stereocenters. The number of benzene rings is 1. The Balaban J connectivity index is 2.00. The molecule has 26 heavy (non-hydrogen) atoms. The molecule has 1 aliphatic rings. The molecule has 0 saturated carbocycles. The van der Waals surface area contributed by atoms with Crippen LogP contribution in [0.5, 0.6) is 11.5 Å². The van der Waals surface area contributed by atoms with Gasteiger partial charge in [-0.25, -0.2) is 4.72 Å². The highest BCUT2D eigenvalue weighted by atomic mass is 35.5. The number of methoxy groups -OCH3 is 2. The van der Waals surface area contributed by atoms with Gasteiger partial charge in [-0.15, -0.1) is 0 Å². The van der Waals surface area contributed by atoms with E-state index in [2.05, 4.69) is 9.62 Å². The Labute approximate surface area is 161 Å². The van der Waals surface area contributed by atoms with Crippen LogP contribution in [0, 0.1) is 5.92 Å². The molecule has 1 fully saturated rings. The lowest BCUT2D eigenvalue weighted by Crippen LogP contribution is -2.43. The minimum absolute atomic E-state index is 0.275. The number of nitrogens with zero attached hydrogens (tertiary/aromatic N) is 2. The van der Waals surface area contributed by atoms with Crippen molar-refractivity contribution in [1.29, 1.82) is 0 Å². The van der Waals surface area contributed by atoms with Crippen LogP contribution in [0.3, 0.4) is 0 Å². The van der Waals surface area contributed by atoms with Crippen LogP contribution in [-0.4, -0.2) is 65.6 Å². The molecule has 1 heterocycles. The smallest absolute Gasteiger partial charge is 0.278 e. The molecule has 0 aliphatic carbocycles. The van der Waals surface area contributed by atoms with Crippen LogP contribution in [0.25, 0.3) is 0 Å². The average Bonchev–Trinajstić information content (AvgIpc) is 2.61. The summed E-state index contributed by atoms with van der Waals surface area (Å²) in [4.78, 5) is 2.30. The van der Waals surface area contributed by atoms with Crippen molar-refractivity contribution in [3.8, 4) is 11.5 Å². The summed E-state index contributed by atoms with van der Waals surface area (Å²) in [5, 5.41) is 0.637. The largest absolute Gasteiger partial charge is 0.493 e. The maximum atomic E-state index is 11.9. The van der Waals surface area contributed by atoms with Crippen LogP contribution in [0.2, 0.25) is 5.02 Å². The summed E-state index contributed by atoms with van der Waals surface area (Å²) in [6.07, 6.45) is 2.03. The molecule has 2 rings (SSSR count). The molecule has 0 spiro atoms. The maximum absolute atomic E-state index is 11.9. The van der Waals surface area contributed by atoms with Crippen LogP contribution in [0.1, 0.15) is 18.4 Å². The summed E-state index contributed by atoms with van der Waals surface area (Å²) in [5.41, 5.74) is 0.971. The first-order valence-electron chi connectivity index (χ1n) is 8.56. The summed E-state index contributed by atoms with van der Waals surface area (Å²) in [6.45, 7) is 2.91. The Hall–Kier alpha value is -1.06. The first kappa shape index (κ1) is 21.2. The summed E-state index contributed by atoms with van der Waals surface area (Å²) in [7, 11) is 2.84. The van der Waals surface area contributed by atoms with E-state index in [0.29, 0.717) is 29.6 Å². The highest BCUT2D eigenvalue weighted by Crippen LogP contribution is 2.34. The van der Waals surface area contributed by atoms with Crippen molar-refractivity contribution < 1.29 is 17.9 Å². The van der Waals surface area contributed by atoms with Gasteiger partial charge < -0.3 is 9.47 Å². The number of rotatable bonds is 8. The number of ether oxygens (including phenoxy) is 2. The van der Waals surface area contributed by atoms with E-state index in [9.17, 15) is 8.42 Å². The summed E-state index contributed by atoms with van der Waals surface area (Å²) >= 11 is 6.39. The monoisotopic (exact) mass is 405 g/mol. The van der Waals surface area contributed by atoms with Gasteiger partial charge in [0.2, 0.25) is 0 Å². The Morgan fingerprint density at radius 3 is 2.54 bits per heavy atom. The topological polar surface area (TPSA) is 71.1 Å². The van der Waals surface area contributed by atoms with E-state index in [1.165, 1.54) is 18.4 Å². The molecule has 1 aromatic carbocycles. The molecule has 1 N–H and O–H groups in total. The molecule has 0 amide bonds. The van der Waals surface area contributed by atoms with Gasteiger partial charge in [-0.2, -0.15) is 12.7 Å². The lowest BCUT2D eigenvalue weighted by Gasteiger charge is -2.33. The van der Waals surface area contributed by atoms with Crippen molar-refractivity contribution in [3.63, 3.8) is 0 Å². The Morgan fingerprint density at radius 1 is 1.27 bits per heavy atom. The lowest BCUT2D eigenvalue weighted by atomic mass is 9.98. The Morgan fingerprint density at radius 2 is 1.92 bits per heavy atom. The van der Waals surface area contributed by atoms with E-state index in [-0.39, 0.29) is 5.92 Å². The first-order valence-corrected chi connectivity index (χ1v) is 10.4. The molecule has 1 aliphatic heterocycles. The lowest BCUT2D eigenvalue weighted by molar-refractivity contribution is 0.168. The van der Waals surface area contributed by atoms with Crippen molar-refractivity contribution in [1.82, 2.24) is 13.9 Å². The molecule has 1 saturated heterocycles. The third-order valence-electron chi connectivity index (χ3n) is 4.58. The SMILES string of the molecule is COc1cc(Cl)c(CN2CCCC(CNS(=O)(=O)N(C)C)C2)cc1OC. The van der Waals surface area contributed by atoms with Gasteiger partial charge in [-0.1, -0.05) is 11.6 Å². The number of nitrogens with one attached hydrogen (secondary N) is 1. The van der Waals surface area contributed by atoms with Crippen molar-refractivity contribution in [2.45, 2.75) is 19.4 Å². The molecule has 0 radical (unpaired) electrons. The van der Waals surface area contributed by atoms with E-state index in [1.54, 1.807) is 20.3 Å². The van der Waals surface area contributed by atoms with Crippen LogP contribution in [0.15, 0.2) is 12.1 Å². The van der Waals surface area contributed by atoms with Gasteiger partial charge in [0, 0.05) is 44.8 Å². The number of halogens is 1. The average molecular weight is 406 g/mol. The Kier molecular flexibility index (Phi) is 7.54. The predicted octanol–water partition coefficient (Wildman–Crippen LogP) is 1.97. The summed E-state index contributed by atoms with van der Waals surface area (Å²) in [5.74, 6) is 1.53. The minimum atomic E-state index is -3.38. The van der Waals surface area contributed by atoms with E-state index < -0.39 is 10.2 Å². The Bertz CT molecular complexity index is 712. The van der Waals surface area contributed by atoms with Gasteiger partial charge in [0.1, 0.15) is 0 Å². The predicted molar refractivity (Wildman–Crippen MR) is 103 cm³/mol. The van der Waals surface area contributed by atoms with Gasteiger partial charge in [0.05, 0.1) is 14.2 Å². The highest BCUT2D eigenvalue weighted by Gasteiger charge is 2.23.